The maximum atomic E-state index is 14.4. The van der Waals surface area contributed by atoms with Gasteiger partial charge in [0.15, 0.2) is 23.1 Å². The van der Waals surface area contributed by atoms with Crippen molar-refractivity contribution < 1.29 is 38.4 Å². The molecule has 1 heterocycles. The van der Waals surface area contributed by atoms with E-state index in [1.165, 1.54) is 0 Å². The van der Waals surface area contributed by atoms with Crippen LogP contribution in [-0.4, -0.2) is 61.5 Å². The summed E-state index contributed by atoms with van der Waals surface area (Å²) in [7, 11) is 3.11. The van der Waals surface area contributed by atoms with Gasteiger partial charge in [-0.05, 0) is 86.8 Å². The van der Waals surface area contributed by atoms with Crippen LogP contribution < -0.4 is 19.5 Å². The highest BCUT2D eigenvalue weighted by Crippen LogP contribution is 2.44. The number of carbonyl (C=O) groups excluding carboxylic acids is 2. The minimum absolute atomic E-state index is 0.0340. The van der Waals surface area contributed by atoms with Crippen LogP contribution in [0.4, 0.5) is 0 Å². The Morgan fingerprint density at radius 3 is 2.33 bits per heavy atom. The fourth-order valence-corrected chi connectivity index (χ4v) is 5.28. The van der Waals surface area contributed by atoms with E-state index in [0.29, 0.717) is 35.8 Å². The van der Waals surface area contributed by atoms with Crippen LogP contribution >= 0.6 is 15.9 Å². The van der Waals surface area contributed by atoms with Crippen molar-refractivity contribution in [2.24, 2.45) is 4.99 Å². The molecule has 11 heteroatoms. The highest BCUT2D eigenvalue weighted by molar-refractivity contribution is 9.10. The predicted molar refractivity (Wildman–Crippen MR) is 177 cm³/mol. The van der Waals surface area contributed by atoms with E-state index in [0.717, 1.165) is 15.6 Å². The summed E-state index contributed by atoms with van der Waals surface area (Å²) in [6, 6.07) is 20.1. The fraction of sp³-hybridized carbons (Fsp3) is 0.400. The first-order chi connectivity index (χ1) is 22.0. The van der Waals surface area contributed by atoms with Crippen LogP contribution in [0.15, 0.2) is 76.2 Å². The molecule has 246 valence electrons. The summed E-state index contributed by atoms with van der Waals surface area (Å²) in [5.74, 6) is 1.16. The first kappa shape index (κ1) is 34.8. The average molecular weight is 698 g/mol. The second kappa shape index (κ2) is 15.5. The number of hydrogen-bond donors (Lipinski definition) is 2. The lowest BCUT2D eigenvalue weighted by Crippen LogP contribution is -2.48. The number of nitrogens with zero attached hydrogens (tertiary/aromatic N) is 1. The summed E-state index contributed by atoms with van der Waals surface area (Å²) in [5, 5.41) is 12.1. The van der Waals surface area contributed by atoms with Crippen LogP contribution in [-0.2, 0) is 25.6 Å². The van der Waals surface area contributed by atoms with Crippen molar-refractivity contribution in [2.45, 2.75) is 63.8 Å². The van der Waals surface area contributed by atoms with Crippen LogP contribution in [0.5, 0.6) is 17.2 Å². The Balaban J connectivity index is 1.72. The zero-order chi connectivity index (χ0) is 33.3. The molecular formula is C35H41BrN2O8. The largest absolute Gasteiger partial charge is 0.494 e. The van der Waals surface area contributed by atoms with Gasteiger partial charge in [-0.2, -0.15) is 0 Å². The molecule has 1 aliphatic rings. The van der Waals surface area contributed by atoms with Crippen molar-refractivity contribution in [3.05, 3.63) is 87.9 Å². The van der Waals surface area contributed by atoms with Crippen molar-refractivity contribution in [3.8, 4) is 17.2 Å². The van der Waals surface area contributed by atoms with Crippen molar-refractivity contribution >= 4 is 33.7 Å². The molecule has 0 aromatic heterocycles. The van der Waals surface area contributed by atoms with E-state index in [1.54, 1.807) is 71.4 Å². The average Bonchev–Trinajstić information content (AvgIpc) is 3.43. The van der Waals surface area contributed by atoms with Crippen LogP contribution in [0.3, 0.4) is 0 Å². The van der Waals surface area contributed by atoms with Gasteiger partial charge in [-0.1, -0.05) is 34.1 Å². The molecule has 0 bridgehead atoms. The van der Waals surface area contributed by atoms with E-state index < -0.39 is 29.1 Å². The van der Waals surface area contributed by atoms with Gasteiger partial charge in [-0.3, -0.25) is 9.59 Å². The number of esters is 1. The van der Waals surface area contributed by atoms with Gasteiger partial charge in [0.05, 0.1) is 20.8 Å². The van der Waals surface area contributed by atoms with E-state index in [9.17, 15) is 9.59 Å². The number of aliphatic imine (C=N–C) groups is 1. The van der Waals surface area contributed by atoms with Gasteiger partial charge < -0.3 is 34.1 Å². The van der Waals surface area contributed by atoms with E-state index in [1.807, 2.05) is 30.3 Å². The van der Waals surface area contributed by atoms with Gasteiger partial charge >= 0.3 is 5.97 Å². The highest BCUT2D eigenvalue weighted by atomic mass is 79.9. The first-order valence-corrected chi connectivity index (χ1v) is 15.8. The van der Waals surface area contributed by atoms with Crippen LogP contribution in [0.2, 0.25) is 0 Å². The number of benzene rings is 3. The Morgan fingerprint density at radius 1 is 1.00 bits per heavy atom. The molecule has 3 aromatic rings. The normalized spacial score (nSPS) is 17.5. The lowest BCUT2D eigenvalue weighted by atomic mass is 9.83. The molecule has 1 aliphatic heterocycles. The molecule has 0 aliphatic carbocycles. The topological polar surface area (TPSA) is 125 Å². The monoisotopic (exact) mass is 696 g/mol. The van der Waals surface area contributed by atoms with Crippen molar-refractivity contribution in [1.82, 2.24) is 5.32 Å². The summed E-state index contributed by atoms with van der Waals surface area (Å²) in [5.41, 5.74) is -0.0484. The summed E-state index contributed by atoms with van der Waals surface area (Å²) >= 11 is 3.48. The minimum Gasteiger partial charge on any atom is -0.494 e. The smallest absolute Gasteiger partial charge is 0.306 e. The second-order valence-corrected chi connectivity index (χ2v) is 12.7. The number of halogens is 1. The maximum Gasteiger partial charge on any atom is 0.306 e. The van der Waals surface area contributed by atoms with Gasteiger partial charge in [-0.25, -0.2) is 4.99 Å². The summed E-state index contributed by atoms with van der Waals surface area (Å²) in [6.07, 6.45) is -0.354. The van der Waals surface area contributed by atoms with E-state index in [-0.39, 0.29) is 31.9 Å². The molecule has 0 spiro atoms. The summed E-state index contributed by atoms with van der Waals surface area (Å²) in [6.45, 7) is 5.99. The highest BCUT2D eigenvalue weighted by Gasteiger charge is 2.53. The first-order valence-electron chi connectivity index (χ1n) is 15.0. The van der Waals surface area contributed by atoms with E-state index in [2.05, 4.69) is 21.2 Å². The SMILES string of the molecule is COc1ccc(CNC(=O)[C@]2(CCC(=O)OC(C)(C)C)N=C(c3ccc(OCCCO)cc3)O[C@@H]2c2ccc(Br)cc2)cc1OC. The van der Waals surface area contributed by atoms with Crippen molar-refractivity contribution in [2.75, 3.05) is 27.4 Å². The number of aliphatic hydroxyl groups excluding tert-OH is 1. The number of amides is 1. The summed E-state index contributed by atoms with van der Waals surface area (Å²) < 4.78 is 29.4. The van der Waals surface area contributed by atoms with Gasteiger partial charge in [0.1, 0.15) is 11.4 Å². The van der Waals surface area contributed by atoms with Crippen molar-refractivity contribution in [1.29, 1.82) is 0 Å². The Bertz CT molecular complexity index is 1520. The number of aliphatic hydroxyl groups is 1. The standard InChI is InChI=1S/C35H41BrN2O8/c1-34(2,3)46-30(40)17-18-35(33(41)37-22-23-7-16-28(42-4)29(21-23)43-5)31(24-8-12-26(36)13-9-24)45-32(38-35)25-10-14-27(15-11-25)44-20-6-19-39/h7-16,21,31,39H,6,17-20,22H2,1-5H3,(H,37,41)/t31-,35-/m1/s1. The minimum atomic E-state index is -1.51. The molecule has 0 unspecified atom stereocenters. The van der Waals surface area contributed by atoms with Gasteiger partial charge in [0.25, 0.3) is 5.91 Å². The quantitative estimate of drug-likeness (QED) is 0.157. The zero-order valence-electron chi connectivity index (χ0n) is 26.8. The molecule has 3 aromatic carbocycles. The predicted octanol–water partition coefficient (Wildman–Crippen LogP) is 5.92. The number of ether oxygens (including phenoxy) is 5. The van der Waals surface area contributed by atoms with E-state index in [4.69, 9.17) is 33.8 Å². The maximum absolute atomic E-state index is 14.4. The molecular weight excluding hydrogens is 656 g/mol. The molecule has 1 amide bonds. The molecule has 46 heavy (non-hydrogen) atoms. The van der Waals surface area contributed by atoms with Crippen LogP contribution in [0.1, 0.15) is 62.8 Å². The number of nitrogens with one attached hydrogen (secondary N) is 1. The molecule has 0 saturated heterocycles. The third kappa shape index (κ3) is 8.79. The molecule has 2 N–H and O–H groups in total. The molecule has 0 radical (unpaired) electrons. The van der Waals surface area contributed by atoms with Crippen LogP contribution in [0.25, 0.3) is 0 Å². The molecule has 2 atom stereocenters. The Labute approximate surface area is 278 Å². The zero-order valence-corrected chi connectivity index (χ0v) is 28.4. The van der Waals surface area contributed by atoms with Crippen LogP contribution in [0, 0.1) is 0 Å². The third-order valence-electron chi connectivity index (χ3n) is 7.23. The third-order valence-corrected chi connectivity index (χ3v) is 7.76. The van der Waals surface area contributed by atoms with Gasteiger partial charge in [0.2, 0.25) is 5.90 Å². The lowest BCUT2D eigenvalue weighted by Gasteiger charge is -2.31. The van der Waals surface area contributed by atoms with E-state index >= 15 is 0 Å². The fourth-order valence-electron chi connectivity index (χ4n) is 5.02. The van der Waals surface area contributed by atoms with Crippen molar-refractivity contribution in [3.63, 3.8) is 0 Å². The lowest BCUT2D eigenvalue weighted by molar-refractivity contribution is -0.155. The molecule has 4 rings (SSSR count). The van der Waals surface area contributed by atoms with Gasteiger partial charge in [0, 0.05) is 36.0 Å². The number of carbonyl (C=O) groups is 2. The Morgan fingerprint density at radius 2 is 1.70 bits per heavy atom. The molecule has 0 fully saturated rings. The number of rotatable bonds is 14. The molecule has 10 nitrogen and oxygen atoms in total. The van der Waals surface area contributed by atoms with Gasteiger partial charge in [-0.15, -0.1) is 0 Å². The number of methoxy groups -OCH3 is 2. The second-order valence-electron chi connectivity index (χ2n) is 11.8. The number of hydrogen-bond acceptors (Lipinski definition) is 9. The Kier molecular flexibility index (Phi) is 11.7. The summed E-state index contributed by atoms with van der Waals surface area (Å²) in [4.78, 5) is 32.3. The molecule has 0 saturated carbocycles. The Hall–Kier alpha value is -4.09.